The summed E-state index contributed by atoms with van der Waals surface area (Å²) in [6.07, 6.45) is 5.06. The van der Waals surface area contributed by atoms with E-state index >= 15 is 0 Å². The molecule has 2 atom stereocenters. The van der Waals surface area contributed by atoms with E-state index in [2.05, 4.69) is 43.0 Å². The minimum Gasteiger partial charge on any atom is -0.330 e. The molecule has 0 aromatic heterocycles. The van der Waals surface area contributed by atoms with Gasteiger partial charge in [0.25, 0.3) is 0 Å². The summed E-state index contributed by atoms with van der Waals surface area (Å²) in [7, 11) is 0. The van der Waals surface area contributed by atoms with Crippen LogP contribution in [0.25, 0.3) is 0 Å². The summed E-state index contributed by atoms with van der Waals surface area (Å²) in [5, 5.41) is 0. The Morgan fingerprint density at radius 3 is 2.68 bits per heavy atom. The van der Waals surface area contributed by atoms with E-state index in [-0.39, 0.29) is 0 Å². The molecule has 0 spiro atoms. The molecule has 2 N–H and O–H groups in total. The molecule has 1 aromatic carbocycles. The molecule has 0 bridgehead atoms. The molecule has 0 aliphatic carbocycles. The van der Waals surface area contributed by atoms with Crippen molar-refractivity contribution in [2.45, 2.75) is 45.6 Å². The maximum Gasteiger partial charge on any atom is 0.0345 e. The minimum absolute atomic E-state index is 0.584. The van der Waals surface area contributed by atoms with E-state index in [1.807, 2.05) is 0 Å². The van der Waals surface area contributed by atoms with Crippen LogP contribution in [0, 0.1) is 12.8 Å². The Labute approximate surface area is 118 Å². The van der Waals surface area contributed by atoms with Gasteiger partial charge in [0.15, 0.2) is 0 Å². The van der Waals surface area contributed by atoms with Gasteiger partial charge in [0, 0.05) is 12.6 Å². The van der Waals surface area contributed by atoms with Crippen molar-refractivity contribution >= 4 is 0 Å². The molecule has 106 valence electrons. The predicted molar refractivity (Wildman–Crippen MR) is 82.2 cm³/mol. The molecule has 1 aliphatic heterocycles. The lowest BCUT2D eigenvalue weighted by atomic mass is 9.91. The van der Waals surface area contributed by atoms with Gasteiger partial charge in [-0.05, 0) is 57.2 Å². The van der Waals surface area contributed by atoms with E-state index in [1.165, 1.54) is 49.9 Å². The van der Waals surface area contributed by atoms with Gasteiger partial charge in [-0.15, -0.1) is 0 Å². The predicted octanol–water partition coefficient (Wildman–Crippen LogP) is 3.51. The molecule has 2 heteroatoms. The van der Waals surface area contributed by atoms with Crippen LogP contribution < -0.4 is 5.73 Å². The molecule has 2 nitrogen and oxygen atoms in total. The molecule has 2 rings (SSSR count). The maximum atomic E-state index is 5.72. The topological polar surface area (TPSA) is 29.3 Å². The average molecular weight is 260 g/mol. The number of likely N-dealkylation sites (tertiary alicyclic amines) is 1. The molecule has 2 unspecified atom stereocenters. The Morgan fingerprint density at radius 1 is 1.32 bits per heavy atom. The van der Waals surface area contributed by atoms with Crippen molar-refractivity contribution in [1.82, 2.24) is 4.90 Å². The van der Waals surface area contributed by atoms with Gasteiger partial charge in [0.1, 0.15) is 0 Å². The van der Waals surface area contributed by atoms with Gasteiger partial charge in [0.05, 0.1) is 0 Å². The first-order valence-electron chi connectivity index (χ1n) is 7.75. The quantitative estimate of drug-likeness (QED) is 0.878. The highest BCUT2D eigenvalue weighted by molar-refractivity contribution is 5.24. The van der Waals surface area contributed by atoms with Crippen LogP contribution in [-0.4, -0.2) is 24.5 Å². The number of nitrogens with zero attached hydrogens (tertiary/aromatic N) is 1. The molecular formula is C17H28N2. The van der Waals surface area contributed by atoms with Crippen LogP contribution in [0.3, 0.4) is 0 Å². The van der Waals surface area contributed by atoms with E-state index in [1.54, 1.807) is 0 Å². The number of rotatable bonds is 5. The zero-order valence-electron chi connectivity index (χ0n) is 12.4. The first-order chi connectivity index (χ1) is 9.24. The third-order valence-corrected chi connectivity index (χ3v) is 4.41. The van der Waals surface area contributed by atoms with Crippen LogP contribution in [-0.2, 0) is 0 Å². The number of nitrogens with two attached hydrogens (primary N) is 1. The number of benzene rings is 1. The maximum absolute atomic E-state index is 5.72. The lowest BCUT2D eigenvalue weighted by molar-refractivity contribution is 0.117. The summed E-state index contributed by atoms with van der Waals surface area (Å²) in [5.41, 5.74) is 8.54. The van der Waals surface area contributed by atoms with Gasteiger partial charge in [-0.1, -0.05) is 36.8 Å². The summed E-state index contributed by atoms with van der Waals surface area (Å²) in [4.78, 5) is 2.68. The molecule has 1 heterocycles. The Hall–Kier alpha value is -0.860. The van der Waals surface area contributed by atoms with E-state index in [4.69, 9.17) is 5.73 Å². The average Bonchev–Trinajstić information content (AvgIpc) is 2.43. The number of piperidine rings is 1. The standard InChI is InChI=1S/C17H28N2/c1-3-17(16-8-6-14(2)7-9-16)19-12-4-5-15(13-19)10-11-18/h6-9,15,17H,3-5,10-13,18H2,1-2H3. The molecule has 0 radical (unpaired) electrons. The van der Waals surface area contributed by atoms with E-state index in [9.17, 15) is 0 Å². The van der Waals surface area contributed by atoms with E-state index in [0.717, 1.165) is 12.5 Å². The van der Waals surface area contributed by atoms with Gasteiger partial charge >= 0.3 is 0 Å². The normalized spacial score (nSPS) is 22.4. The van der Waals surface area contributed by atoms with Crippen LogP contribution in [0.5, 0.6) is 0 Å². The third-order valence-electron chi connectivity index (χ3n) is 4.41. The van der Waals surface area contributed by atoms with Gasteiger partial charge < -0.3 is 5.73 Å². The summed E-state index contributed by atoms with van der Waals surface area (Å²) >= 11 is 0. The first kappa shape index (κ1) is 14.5. The van der Waals surface area contributed by atoms with Crippen LogP contribution in [0.2, 0.25) is 0 Å². The fourth-order valence-corrected chi connectivity index (χ4v) is 3.34. The fourth-order valence-electron chi connectivity index (χ4n) is 3.34. The Bertz CT molecular complexity index is 369. The summed E-state index contributed by atoms with van der Waals surface area (Å²) in [5.74, 6) is 0.804. The van der Waals surface area contributed by atoms with Crippen LogP contribution in [0.4, 0.5) is 0 Å². The van der Waals surface area contributed by atoms with Gasteiger partial charge in [-0.2, -0.15) is 0 Å². The highest BCUT2D eigenvalue weighted by Gasteiger charge is 2.25. The van der Waals surface area contributed by atoms with Crippen molar-refractivity contribution < 1.29 is 0 Å². The van der Waals surface area contributed by atoms with Gasteiger partial charge in [-0.3, -0.25) is 4.90 Å². The van der Waals surface area contributed by atoms with Crippen molar-refractivity contribution in [2.75, 3.05) is 19.6 Å². The zero-order valence-corrected chi connectivity index (χ0v) is 12.4. The van der Waals surface area contributed by atoms with Crippen molar-refractivity contribution in [1.29, 1.82) is 0 Å². The summed E-state index contributed by atoms with van der Waals surface area (Å²) in [6.45, 7) is 7.76. The Kier molecular flexibility index (Phi) is 5.41. The largest absolute Gasteiger partial charge is 0.330 e. The van der Waals surface area contributed by atoms with Gasteiger partial charge in [-0.25, -0.2) is 0 Å². The Balaban J connectivity index is 2.06. The number of aryl methyl sites for hydroxylation is 1. The zero-order chi connectivity index (χ0) is 13.7. The van der Waals surface area contributed by atoms with E-state index in [0.29, 0.717) is 6.04 Å². The lowest BCUT2D eigenvalue weighted by Gasteiger charge is -2.38. The monoisotopic (exact) mass is 260 g/mol. The highest BCUT2D eigenvalue weighted by Crippen LogP contribution is 2.30. The molecule has 1 fully saturated rings. The van der Waals surface area contributed by atoms with Crippen LogP contribution in [0.15, 0.2) is 24.3 Å². The summed E-state index contributed by atoms with van der Waals surface area (Å²) in [6, 6.07) is 9.66. The molecule has 0 amide bonds. The second kappa shape index (κ2) is 7.06. The number of hydrogen-bond donors (Lipinski definition) is 1. The lowest BCUT2D eigenvalue weighted by Crippen LogP contribution is -2.38. The van der Waals surface area contributed by atoms with Gasteiger partial charge in [0.2, 0.25) is 0 Å². The van der Waals surface area contributed by atoms with Crippen molar-refractivity contribution in [3.05, 3.63) is 35.4 Å². The second-order valence-electron chi connectivity index (χ2n) is 5.92. The third kappa shape index (κ3) is 3.80. The van der Waals surface area contributed by atoms with Crippen molar-refractivity contribution in [3.8, 4) is 0 Å². The first-order valence-corrected chi connectivity index (χ1v) is 7.75. The number of hydrogen-bond acceptors (Lipinski definition) is 2. The second-order valence-corrected chi connectivity index (χ2v) is 5.92. The highest BCUT2D eigenvalue weighted by atomic mass is 15.2. The van der Waals surface area contributed by atoms with Crippen molar-refractivity contribution in [3.63, 3.8) is 0 Å². The van der Waals surface area contributed by atoms with Crippen LogP contribution >= 0.6 is 0 Å². The molecule has 0 saturated carbocycles. The molecular weight excluding hydrogens is 232 g/mol. The Morgan fingerprint density at radius 2 is 2.05 bits per heavy atom. The van der Waals surface area contributed by atoms with Crippen molar-refractivity contribution in [2.24, 2.45) is 11.7 Å². The SMILES string of the molecule is CCC(c1ccc(C)cc1)N1CCCC(CCN)C1. The van der Waals surface area contributed by atoms with E-state index < -0.39 is 0 Å². The fraction of sp³-hybridized carbons (Fsp3) is 0.647. The smallest absolute Gasteiger partial charge is 0.0345 e. The van der Waals surface area contributed by atoms with Crippen LogP contribution in [0.1, 0.15) is 49.8 Å². The molecule has 1 aliphatic rings. The molecule has 19 heavy (non-hydrogen) atoms. The molecule has 1 saturated heterocycles. The molecule has 1 aromatic rings. The minimum atomic E-state index is 0.584. The summed E-state index contributed by atoms with van der Waals surface area (Å²) < 4.78 is 0.